The van der Waals surface area contributed by atoms with Crippen molar-refractivity contribution in [2.45, 2.75) is 32.0 Å². The van der Waals surface area contributed by atoms with E-state index in [1.54, 1.807) is 12.3 Å². The molecule has 3 nitrogen and oxygen atoms in total. The smallest absolute Gasteiger partial charge is 0.118 e. The largest absolute Gasteiger partial charge is 0.499 e. The highest BCUT2D eigenvalue weighted by atomic mass is 16.5. The first-order chi connectivity index (χ1) is 5.84. The van der Waals surface area contributed by atoms with E-state index in [-0.39, 0.29) is 6.10 Å². The summed E-state index contributed by atoms with van der Waals surface area (Å²) in [5.41, 5.74) is 0. The van der Waals surface area contributed by atoms with E-state index < -0.39 is 6.10 Å². The molecule has 0 saturated carbocycles. The van der Waals surface area contributed by atoms with Crippen molar-refractivity contribution in [2.75, 3.05) is 13.2 Å². The van der Waals surface area contributed by atoms with Crippen LogP contribution in [0.4, 0.5) is 0 Å². The van der Waals surface area contributed by atoms with Crippen molar-refractivity contribution in [2.24, 2.45) is 0 Å². The predicted molar refractivity (Wildman–Crippen MR) is 45.7 cm³/mol. The first-order valence-electron chi connectivity index (χ1n) is 4.42. The molecule has 1 aliphatic heterocycles. The second kappa shape index (κ2) is 5.17. The topological polar surface area (TPSA) is 38.7 Å². The van der Waals surface area contributed by atoms with Gasteiger partial charge in [0.1, 0.15) is 18.8 Å². The van der Waals surface area contributed by atoms with Crippen molar-refractivity contribution < 1.29 is 14.6 Å². The van der Waals surface area contributed by atoms with E-state index in [0.717, 1.165) is 12.8 Å². The number of hydrogen-bond donors (Lipinski definition) is 1. The van der Waals surface area contributed by atoms with Crippen LogP contribution in [0.2, 0.25) is 0 Å². The van der Waals surface area contributed by atoms with Crippen LogP contribution in [0.1, 0.15) is 19.8 Å². The Balaban J connectivity index is 2.20. The Hall–Kier alpha value is -0.540. The van der Waals surface area contributed by atoms with E-state index in [1.165, 1.54) is 0 Å². The van der Waals surface area contributed by atoms with Gasteiger partial charge in [-0.05, 0) is 12.5 Å². The Bertz CT molecular complexity index is 145. The Morgan fingerprint density at radius 3 is 3.17 bits per heavy atom. The van der Waals surface area contributed by atoms with Crippen LogP contribution in [0.5, 0.6) is 0 Å². The highest BCUT2D eigenvalue weighted by Crippen LogP contribution is 2.08. The summed E-state index contributed by atoms with van der Waals surface area (Å²) in [7, 11) is 0. The normalized spacial score (nSPS) is 28.5. The van der Waals surface area contributed by atoms with Crippen molar-refractivity contribution in [3.05, 3.63) is 12.3 Å². The van der Waals surface area contributed by atoms with Crippen LogP contribution in [-0.4, -0.2) is 30.5 Å². The molecular weight excluding hydrogens is 156 g/mol. The lowest BCUT2D eigenvalue weighted by molar-refractivity contribution is -0.0498. The molecule has 0 bridgehead atoms. The molecule has 12 heavy (non-hydrogen) atoms. The van der Waals surface area contributed by atoms with E-state index >= 15 is 0 Å². The summed E-state index contributed by atoms with van der Waals surface area (Å²) in [6.45, 7) is 3.16. The molecular formula is C9H16O3. The zero-order valence-electron chi connectivity index (χ0n) is 7.40. The lowest BCUT2D eigenvalue weighted by Crippen LogP contribution is -2.33. The fourth-order valence-corrected chi connectivity index (χ4v) is 1.04. The molecule has 0 aromatic heterocycles. The molecule has 1 aliphatic rings. The van der Waals surface area contributed by atoms with Gasteiger partial charge in [-0.1, -0.05) is 13.3 Å². The fraction of sp³-hybridized carbons (Fsp3) is 0.778. The number of hydrogen-bond acceptors (Lipinski definition) is 3. The SMILES string of the molecule is CCCCO[C@@H]1C=COC[C@H]1O. The van der Waals surface area contributed by atoms with E-state index in [9.17, 15) is 5.11 Å². The number of aliphatic hydroxyl groups excluding tert-OH is 1. The third-order valence-electron chi connectivity index (χ3n) is 1.82. The van der Waals surface area contributed by atoms with Crippen molar-refractivity contribution in [3.63, 3.8) is 0 Å². The van der Waals surface area contributed by atoms with E-state index in [0.29, 0.717) is 13.2 Å². The summed E-state index contributed by atoms with van der Waals surface area (Å²) in [6.07, 6.45) is 4.81. The highest BCUT2D eigenvalue weighted by molar-refractivity contribution is 4.93. The maximum absolute atomic E-state index is 9.37. The number of rotatable bonds is 4. The summed E-state index contributed by atoms with van der Waals surface area (Å²) >= 11 is 0. The lowest BCUT2D eigenvalue weighted by Gasteiger charge is -2.23. The van der Waals surface area contributed by atoms with E-state index in [1.807, 2.05) is 0 Å². The molecule has 1 N–H and O–H groups in total. The standard InChI is InChI=1S/C9H16O3/c1-2-3-5-12-9-4-6-11-7-8(9)10/h4,6,8-10H,2-3,5,7H2,1H3/t8-,9-/m1/s1. The predicted octanol–water partition coefficient (Wildman–Crippen LogP) is 1.08. The molecule has 0 spiro atoms. The van der Waals surface area contributed by atoms with Crippen LogP contribution < -0.4 is 0 Å². The van der Waals surface area contributed by atoms with E-state index in [2.05, 4.69) is 6.92 Å². The number of unbranched alkanes of at least 4 members (excludes halogenated alkanes) is 1. The average molecular weight is 172 g/mol. The third-order valence-corrected chi connectivity index (χ3v) is 1.82. The van der Waals surface area contributed by atoms with Gasteiger partial charge in [-0.15, -0.1) is 0 Å². The zero-order valence-corrected chi connectivity index (χ0v) is 7.40. The second-order valence-electron chi connectivity index (χ2n) is 2.92. The molecule has 0 radical (unpaired) electrons. The van der Waals surface area contributed by atoms with Crippen LogP contribution in [0.25, 0.3) is 0 Å². The Morgan fingerprint density at radius 2 is 2.50 bits per heavy atom. The van der Waals surface area contributed by atoms with Gasteiger partial charge in [-0.3, -0.25) is 0 Å². The molecule has 0 fully saturated rings. The van der Waals surface area contributed by atoms with Gasteiger partial charge in [-0.25, -0.2) is 0 Å². The van der Waals surface area contributed by atoms with Gasteiger partial charge in [0.15, 0.2) is 0 Å². The van der Waals surface area contributed by atoms with Crippen molar-refractivity contribution in [1.29, 1.82) is 0 Å². The molecule has 3 heteroatoms. The minimum Gasteiger partial charge on any atom is -0.499 e. The van der Waals surface area contributed by atoms with Gasteiger partial charge in [0, 0.05) is 6.61 Å². The summed E-state index contributed by atoms with van der Waals surface area (Å²) < 4.78 is 10.3. The van der Waals surface area contributed by atoms with Crippen molar-refractivity contribution in [3.8, 4) is 0 Å². The Morgan fingerprint density at radius 1 is 1.67 bits per heavy atom. The minimum absolute atomic E-state index is 0.176. The molecule has 0 aliphatic carbocycles. The summed E-state index contributed by atoms with van der Waals surface area (Å²) in [5, 5.41) is 9.37. The zero-order chi connectivity index (χ0) is 8.81. The summed E-state index contributed by atoms with van der Waals surface area (Å²) in [4.78, 5) is 0. The van der Waals surface area contributed by atoms with Gasteiger partial charge in [0.2, 0.25) is 0 Å². The van der Waals surface area contributed by atoms with Gasteiger partial charge in [-0.2, -0.15) is 0 Å². The molecule has 70 valence electrons. The molecule has 0 amide bonds. The quantitative estimate of drug-likeness (QED) is 0.645. The number of ether oxygens (including phenoxy) is 2. The van der Waals surface area contributed by atoms with Gasteiger partial charge in [0.25, 0.3) is 0 Å². The van der Waals surface area contributed by atoms with Crippen LogP contribution in [0.15, 0.2) is 12.3 Å². The van der Waals surface area contributed by atoms with Crippen LogP contribution in [0.3, 0.4) is 0 Å². The minimum atomic E-state index is -0.508. The summed E-state index contributed by atoms with van der Waals surface area (Å²) in [5.74, 6) is 0. The molecule has 0 unspecified atom stereocenters. The van der Waals surface area contributed by atoms with E-state index in [4.69, 9.17) is 9.47 Å². The Labute approximate surface area is 73.0 Å². The van der Waals surface area contributed by atoms with Crippen LogP contribution in [0, 0.1) is 0 Å². The average Bonchev–Trinajstić information content (AvgIpc) is 2.09. The molecule has 0 aromatic carbocycles. The third kappa shape index (κ3) is 2.83. The second-order valence-corrected chi connectivity index (χ2v) is 2.92. The molecule has 0 saturated heterocycles. The highest BCUT2D eigenvalue weighted by Gasteiger charge is 2.20. The molecule has 1 rings (SSSR count). The molecule has 2 atom stereocenters. The van der Waals surface area contributed by atoms with Crippen LogP contribution >= 0.6 is 0 Å². The van der Waals surface area contributed by atoms with Crippen LogP contribution in [-0.2, 0) is 9.47 Å². The van der Waals surface area contributed by atoms with Gasteiger partial charge >= 0.3 is 0 Å². The fourth-order valence-electron chi connectivity index (χ4n) is 1.04. The van der Waals surface area contributed by atoms with Crippen molar-refractivity contribution >= 4 is 0 Å². The maximum Gasteiger partial charge on any atom is 0.118 e. The molecule has 1 heterocycles. The summed E-state index contributed by atoms with van der Waals surface area (Å²) in [6, 6.07) is 0. The van der Waals surface area contributed by atoms with Gasteiger partial charge in [0.05, 0.1) is 6.26 Å². The maximum atomic E-state index is 9.37. The molecule has 0 aromatic rings. The van der Waals surface area contributed by atoms with Crippen molar-refractivity contribution in [1.82, 2.24) is 0 Å². The Kier molecular flexibility index (Phi) is 4.11. The monoisotopic (exact) mass is 172 g/mol. The first kappa shape index (κ1) is 9.55. The number of aliphatic hydroxyl groups is 1. The first-order valence-corrected chi connectivity index (χ1v) is 4.42. The van der Waals surface area contributed by atoms with Gasteiger partial charge < -0.3 is 14.6 Å². The lowest BCUT2D eigenvalue weighted by atomic mass is 10.2.